The van der Waals surface area contributed by atoms with Gasteiger partial charge in [-0.15, -0.1) is 0 Å². The minimum Gasteiger partial charge on any atom is -0.435 e. The lowest BCUT2D eigenvalue weighted by molar-refractivity contribution is -0.135. The first kappa shape index (κ1) is 9.21. The monoisotopic (exact) mass is 142 g/mol. The molecule has 0 aliphatic carbocycles. The Bertz CT molecular complexity index is 127. The van der Waals surface area contributed by atoms with E-state index in [0.717, 1.165) is 6.42 Å². The molecule has 0 saturated heterocycles. The minimum absolute atomic E-state index is 0.264. The second-order valence-electron chi connectivity index (χ2n) is 2.32. The lowest BCUT2D eigenvalue weighted by Crippen LogP contribution is -1.91. The van der Waals surface area contributed by atoms with Crippen LogP contribution in [-0.2, 0) is 9.53 Å². The molecule has 0 spiro atoms. The van der Waals surface area contributed by atoms with E-state index in [0.29, 0.717) is 5.92 Å². The summed E-state index contributed by atoms with van der Waals surface area (Å²) in [6, 6.07) is 0. The van der Waals surface area contributed by atoms with Gasteiger partial charge in [-0.2, -0.15) is 0 Å². The van der Waals surface area contributed by atoms with Crippen LogP contribution < -0.4 is 0 Å². The first-order valence-corrected chi connectivity index (χ1v) is 3.50. The Balaban J connectivity index is 3.45. The first-order valence-electron chi connectivity index (χ1n) is 3.50. The van der Waals surface area contributed by atoms with Crippen molar-refractivity contribution in [3.05, 3.63) is 12.3 Å². The molecule has 0 aromatic carbocycles. The van der Waals surface area contributed by atoms with Gasteiger partial charge in [0, 0.05) is 6.92 Å². The summed E-state index contributed by atoms with van der Waals surface area (Å²) in [5.74, 6) is 0.221. The van der Waals surface area contributed by atoms with E-state index in [-0.39, 0.29) is 5.97 Å². The summed E-state index contributed by atoms with van der Waals surface area (Å²) in [6.45, 7) is 5.55. The molecular weight excluding hydrogens is 128 g/mol. The van der Waals surface area contributed by atoms with Crippen LogP contribution in [0.25, 0.3) is 0 Å². The zero-order valence-electron chi connectivity index (χ0n) is 6.76. The van der Waals surface area contributed by atoms with Crippen LogP contribution in [0.3, 0.4) is 0 Å². The fourth-order valence-electron chi connectivity index (χ4n) is 0.405. The van der Waals surface area contributed by atoms with Crippen molar-refractivity contribution in [2.75, 3.05) is 0 Å². The summed E-state index contributed by atoms with van der Waals surface area (Å²) >= 11 is 0. The highest BCUT2D eigenvalue weighted by molar-refractivity contribution is 5.66. The normalized spacial score (nSPS) is 13.5. The summed E-state index contributed by atoms with van der Waals surface area (Å²) in [6.07, 6.45) is 4.40. The zero-order chi connectivity index (χ0) is 7.98. The van der Waals surface area contributed by atoms with E-state index in [1.165, 1.54) is 13.2 Å². The smallest absolute Gasteiger partial charge is 0.307 e. The van der Waals surface area contributed by atoms with Gasteiger partial charge in [-0.05, 0) is 18.4 Å². The third kappa shape index (κ3) is 5.35. The molecule has 0 heterocycles. The van der Waals surface area contributed by atoms with Crippen LogP contribution in [0.5, 0.6) is 0 Å². The van der Waals surface area contributed by atoms with E-state index in [4.69, 9.17) is 0 Å². The molecule has 0 aliphatic rings. The lowest BCUT2D eigenvalue weighted by atomic mass is 10.1. The van der Waals surface area contributed by atoms with E-state index < -0.39 is 0 Å². The number of ether oxygens (including phenoxy) is 1. The van der Waals surface area contributed by atoms with E-state index in [9.17, 15) is 4.79 Å². The molecule has 0 rings (SSSR count). The van der Waals surface area contributed by atoms with Gasteiger partial charge >= 0.3 is 5.97 Å². The van der Waals surface area contributed by atoms with Gasteiger partial charge in [0.2, 0.25) is 0 Å². The highest BCUT2D eigenvalue weighted by Crippen LogP contribution is 2.01. The molecule has 0 aromatic rings. The molecule has 0 radical (unpaired) electrons. The van der Waals surface area contributed by atoms with Gasteiger partial charge in [-0.25, -0.2) is 0 Å². The van der Waals surface area contributed by atoms with E-state index in [2.05, 4.69) is 18.6 Å². The molecule has 0 unspecified atom stereocenters. The van der Waals surface area contributed by atoms with Gasteiger partial charge in [0.25, 0.3) is 0 Å². The van der Waals surface area contributed by atoms with Crippen LogP contribution in [0.2, 0.25) is 0 Å². The molecule has 2 nitrogen and oxygen atoms in total. The van der Waals surface area contributed by atoms with Gasteiger partial charge in [0.1, 0.15) is 0 Å². The lowest BCUT2D eigenvalue weighted by Gasteiger charge is -1.98. The van der Waals surface area contributed by atoms with Crippen molar-refractivity contribution >= 4 is 5.97 Å². The van der Waals surface area contributed by atoms with Crippen molar-refractivity contribution in [1.82, 2.24) is 0 Å². The van der Waals surface area contributed by atoms with Crippen molar-refractivity contribution in [3.63, 3.8) is 0 Å². The quantitative estimate of drug-likeness (QED) is 0.445. The molecule has 0 fully saturated rings. The maximum Gasteiger partial charge on any atom is 0.307 e. The van der Waals surface area contributed by atoms with Crippen LogP contribution >= 0.6 is 0 Å². The van der Waals surface area contributed by atoms with Crippen LogP contribution in [-0.4, -0.2) is 5.97 Å². The third-order valence-corrected chi connectivity index (χ3v) is 1.29. The van der Waals surface area contributed by atoms with Crippen molar-refractivity contribution in [2.45, 2.75) is 27.2 Å². The Morgan fingerprint density at radius 3 is 2.70 bits per heavy atom. The summed E-state index contributed by atoms with van der Waals surface area (Å²) in [7, 11) is 0. The molecule has 0 saturated carbocycles. The Kier molecular flexibility index (Phi) is 4.63. The van der Waals surface area contributed by atoms with Crippen molar-refractivity contribution in [3.8, 4) is 0 Å². The van der Waals surface area contributed by atoms with Gasteiger partial charge in [0.15, 0.2) is 0 Å². The molecule has 1 atom stereocenters. The molecule has 0 bridgehead atoms. The van der Waals surface area contributed by atoms with E-state index >= 15 is 0 Å². The van der Waals surface area contributed by atoms with Crippen LogP contribution in [0.15, 0.2) is 12.3 Å². The highest BCUT2D eigenvalue weighted by atomic mass is 16.5. The number of esters is 1. The van der Waals surface area contributed by atoms with Crippen molar-refractivity contribution in [1.29, 1.82) is 0 Å². The maximum atomic E-state index is 10.2. The predicted molar refractivity (Wildman–Crippen MR) is 40.4 cm³/mol. The maximum absolute atomic E-state index is 10.2. The zero-order valence-corrected chi connectivity index (χ0v) is 6.76. The minimum atomic E-state index is -0.264. The predicted octanol–water partition coefficient (Wildman–Crippen LogP) is 2.11. The van der Waals surface area contributed by atoms with Gasteiger partial charge in [-0.1, -0.05) is 13.8 Å². The highest BCUT2D eigenvalue weighted by Gasteiger charge is 1.90. The molecule has 0 N–H and O–H groups in total. The average molecular weight is 142 g/mol. The molecular formula is C8H14O2. The van der Waals surface area contributed by atoms with Crippen LogP contribution in [0.1, 0.15) is 27.2 Å². The number of rotatable bonds is 3. The number of carbonyl (C=O) groups is 1. The van der Waals surface area contributed by atoms with Crippen molar-refractivity contribution in [2.24, 2.45) is 5.92 Å². The van der Waals surface area contributed by atoms with Crippen LogP contribution in [0, 0.1) is 5.92 Å². The Hall–Kier alpha value is -0.790. The second kappa shape index (κ2) is 5.03. The Morgan fingerprint density at radius 1 is 1.70 bits per heavy atom. The van der Waals surface area contributed by atoms with Crippen LogP contribution in [0.4, 0.5) is 0 Å². The third-order valence-electron chi connectivity index (χ3n) is 1.29. The average Bonchev–Trinajstić information content (AvgIpc) is 1.87. The molecule has 10 heavy (non-hydrogen) atoms. The molecule has 0 aromatic heterocycles. The largest absolute Gasteiger partial charge is 0.435 e. The standard InChI is InChI=1S/C8H14O2/c1-4-7(2)5-6-10-8(3)9/h5-7H,4H2,1-3H3/t7-/m1/s1. The van der Waals surface area contributed by atoms with E-state index in [1.54, 1.807) is 0 Å². The SMILES string of the molecule is CC[C@@H](C)C=COC(C)=O. The molecule has 58 valence electrons. The Morgan fingerprint density at radius 2 is 2.30 bits per heavy atom. The first-order chi connectivity index (χ1) is 4.66. The van der Waals surface area contributed by atoms with Gasteiger partial charge in [0.05, 0.1) is 6.26 Å². The fraction of sp³-hybridized carbons (Fsp3) is 0.625. The van der Waals surface area contributed by atoms with Gasteiger partial charge < -0.3 is 4.74 Å². The van der Waals surface area contributed by atoms with Gasteiger partial charge in [-0.3, -0.25) is 4.79 Å². The topological polar surface area (TPSA) is 26.3 Å². The molecule has 0 amide bonds. The number of allylic oxidation sites excluding steroid dienone is 1. The number of hydrogen-bond donors (Lipinski definition) is 0. The summed E-state index contributed by atoms with van der Waals surface area (Å²) < 4.78 is 4.59. The molecule has 2 heteroatoms. The second-order valence-corrected chi connectivity index (χ2v) is 2.32. The molecule has 0 aliphatic heterocycles. The fourth-order valence-corrected chi connectivity index (χ4v) is 0.405. The summed E-state index contributed by atoms with van der Waals surface area (Å²) in [5, 5.41) is 0. The number of carbonyl (C=O) groups excluding carboxylic acids is 1. The van der Waals surface area contributed by atoms with E-state index in [1.807, 2.05) is 6.08 Å². The number of hydrogen-bond acceptors (Lipinski definition) is 2. The summed E-state index contributed by atoms with van der Waals surface area (Å²) in [4.78, 5) is 10.2. The Labute approximate surface area is 61.9 Å². The van der Waals surface area contributed by atoms with Crippen molar-refractivity contribution < 1.29 is 9.53 Å². The summed E-state index contributed by atoms with van der Waals surface area (Å²) in [5.41, 5.74) is 0.